The molecule has 0 aliphatic carbocycles. The van der Waals surface area contributed by atoms with Crippen molar-refractivity contribution in [3.63, 3.8) is 0 Å². The molecule has 0 radical (unpaired) electrons. The average Bonchev–Trinajstić information content (AvgIpc) is 2.81. The van der Waals surface area contributed by atoms with Gasteiger partial charge in [-0.15, -0.1) is 9.97 Å². The molecule has 1 N–H and O–H groups in total. The van der Waals surface area contributed by atoms with Crippen molar-refractivity contribution in [2.24, 2.45) is 4.99 Å². The Morgan fingerprint density at radius 1 is 0.767 bits per heavy atom. The van der Waals surface area contributed by atoms with Crippen LogP contribution in [0.3, 0.4) is 0 Å². The Hall–Kier alpha value is -5.69. The Morgan fingerprint density at radius 3 is 1.87 bits per heavy atom. The van der Waals surface area contributed by atoms with Crippen LogP contribution < -0.4 is 5.32 Å². The van der Waals surface area contributed by atoms with Gasteiger partial charge >= 0.3 is 0 Å². The summed E-state index contributed by atoms with van der Waals surface area (Å²) in [6.07, 6.45) is 0. The van der Waals surface area contributed by atoms with Crippen molar-refractivity contribution < 1.29 is 0 Å². The zero-order valence-corrected chi connectivity index (χ0v) is 14.5. The zero-order valence-electron chi connectivity index (χ0n) is 14.5. The monoisotopic (exact) mass is 386 g/mol. The van der Waals surface area contributed by atoms with E-state index in [1.54, 1.807) is 12.1 Å². The highest BCUT2D eigenvalue weighted by Crippen LogP contribution is 2.43. The van der Waals surface area contributed by atoms with E-state index in [1.165, 1.54) is 0 Å². The fraction of sp³-hybridized carbons (Fsp3) is 0.0556. The number of nitrogens with one attached hydrogen (secondary N) is 1. The molecule has 1 aromatic carbocycles. The summed E-state index contributed by atoms with van der Waals surface area (Å²) in [5.41, 5.74) is -0.304. The van der Waals surface area contributed by atoms with Crippen LogP contribution in [-0.4, -0.2) is 31.7 Å². The van der Waals surface area contributed by atoms with Gasteiger partial charge in [-0.1, -0.05) is 13.1 Å². The van der Waals surface area contributed by atoms with Gasteiger partial charge in [-0.25, -0.2) is 15.0 Å². The molecule has 1 aliphatic heterocycles. The third-order valence-electron chi connectivity index (χ3n) is 4.14. The summed E-state index contributed by atoms with van der Waals surface area (Å²) < 4.78 is 0. The molecule has 1 atom stereocenters. The minimum atomic E-state index is -1.09. The van der Waals surface area contributed by atoms with E-state index in [-0.39, 0.29) is 62.2 Å². The minimum absolute atomic E-state index is 0.0199. The van der Waals surface area contributed by atoms with E-state index in [1.807, 2.05) is 12.1 Å². The van der Waals surface area contributed by atoms with Crippen LogP contribution in [-0.2, 0) is 0 Å². The molecule has 12 nitrogen and oxygen atoms in total. The molecule has 2 aromatic heterocycles. The Kier molecular flexibility index (Phi) is 3.83. The lowest BCUT2D eigenvalue weighted by atomic mass is 10.1. The predicted molar refractivity (Wildman–Crippen MR) is 100 cm³/mol. The quantitative estimate of drug-likeness (QED) is 0.448. The van der Waals surface area contributed by atoms with Gasteiger partial charge in [-0.3, -0.25) is 0 Å². The Bertz CT molecular complexity index is 1590. The first kappa shape index (κ1) is 17.7. The van der Waals surface area contributed by atoms with Gasteiger partial charge in [0.05, 0.1) is 6.07 Å². The molecule has 0 bridgehead atoms. The first-order valence-corrected chi connectivity index (χ1v) is 7.89. The normalized spacial score (nSPS) is 13.9. The van der Waals surface area contributed by atoms with E-state index >= 15 is 0 Å². The van der Waals surface area contributed by atoms with Crippen LogP contribution in [0.2, 0.25) is 0 Å². The molecular formula is C18H2N12. The molecule has 0 fully saturated rings. The SMILES string of the molecule is [C-]#[N+]c1nc2c3c(c4nc(C#N)c(C#N)nc4c2nc1[N+]#[C-])N=C(C#N)C(C#N)N3. The molecule has 12 heteroatoms. The van der Waals surface area contributed by atoms with Crippen LogP contribution in [0.25, 0.3) is 31.8 Å². The standard InChI is InChI=1S/C18H2N12/c1-23-17-18(24-2)30-16-14-12(26-8(4-20)10(6-22)28-14)11-13(15(16)29-17)27-9(5-21)7(3-19)25-11/h9,27H. The number of aliphatic imine (C=N–C) groups is 1. The Labute approximate surface area is 167 Å². The number of benzene rings is 1. The van der Waals surface area contributed by atoms with Crippen molar-refractivity contribution in [3.8, 4) is 24.3 Å². The van der Waals surface area contributed by atoms with E-state index < -0.39 is 6.04 Å². The van der Waals surface area contributed by atoms with Gasteiger partial charge in [0.2, 0.25) is 11.0 Å². The minimum Gasteiger partial charge on any atom is -0.370 e. The number of rotatable bonds is 0. The molecule has 0 saturated heterocycles. The van der Waals surface area contributed by atoms with Crippen molar-refractivity contribution in [2.75, 3.05) is 5.32 Å². The largest absolute Gasteiger partial charge is 0.370 e. The van der Waals surface area contributed by atoms with E-state index in [2.05, 4.69) is 39.9 Å². The first-order chi connectivity index (χ1) is 14.6. The first-order valence-electron chi connectivity index (χ1n) is 7.89. The summed E-state index contributed by atoms with van der Waals surface area (Å²) in [6, 6.07) is 6.17. The summed E-state index contributed by atoms with van der Waals surface area (Å²) in [5.74, 6) is -0.552. The van der Waals surface area contributed by atoms with Crippen LogP contribution in [0.1, 0.15) is 11.4 Å². The average molecular weight is 386 g/mol. The van der Waals surface area contributed by atoms with Gasteiger partial charge in [0.1, 0.15) is 40.6 Å². The van der Waals surface area contributed by atoms with E-state index in [0.29, 0.717) is 0 Å². The van der Waals surface area contributed by atoms with Crippen molar-refractivity contribution in [1.29, 1.82) is 21.0 Å². The number of hydrogen-bond acceptors (Lipinski definition) is 10. The predicted octanol–water partition coefficient (Wildman–Crippen LogP) is 2.33. The Balaban J connectivity index is 2.31. The fourth-order valence-electron chi connectivity index (χ4n) is 2.89. The van der Waals surface area contributed by atoms with Crippen LogP contribution in [0.5, 0.6) is 0 Å². The number of nitriles is 4. The third kappa shape index (κ3) is 2.30. The molecule has 134 valence electrons. The lowest BCUT2D eigenvalue weighted by Gasteiger charge is -2.19. The summed E-state index contributed by atoms with van der Waals surface area (Å²) in [4.78, 5) is 27.2. The second-order valence-corrected chi connectivity index (χ2v) is 5.67. The molecule has 0 amide bonds. The summed E-state index contributed by atoms with van der Waals surface area (Å²) in [7, 11) is 0. The molecule has 3 heterocycles. The number of hydrogen-bond donors (Lipinski definition) is 1. The molecule has 0 saturated carbocycles. The maximum Gasteiger partial charge on any atom is 0.294 e. The highest BCUT2D eigenvalue weighted by molar-refractivity contribution is 6.20. The van der Waals surface area contributed by atoms with Crippen molar-refractivity contribution >= 4 is 50.8 Å². The van der Waals surface area contributed by atoms with Crippen LogP contribution in [0.15, 0.2) is 4.99 Å². The van der Waals surface area contributed by atoms with Crippen molar-refractivity contribution in [1.82, 2.24) is 19.9 Å². The van der Waals surface area contributed by atoms with Gasteiger partial charge < -0.3 is 15.0 Å². The molecular weight excluding hydrogens is 384 g/mol. The van der Waals surface area contributed by atoms with Crippen molar-refractivity contribution in [3.05, 3.63) is 34.2 Å². The van der Waals surface area contributed by atoms with Crippen molar-refractivity contribution in [2.45, 2.75) is 6.04 Å². The molecule has 0 spiro atoms. The number of aromatic nitrogens is 4. The van der Waals surface area contributed by atoms with E-state index in [4.69, 9.17) is 13.1 Å². The molecule has 1 aliphatic rings. The Morgan fingerprint density at radius 2 is 1.33 bits per heavy atom. The summed E-state index contributed by atoms with van der Waals surface area (Å²) in [6.45, 7) is 14.5. The van der Waals surface area contributed by atoms with E-state index in [9.17, 15) is 21.0 Å². The number of nitrogens with zero attached hydrogens (tertiary/aromatic N) is 11. The van der Waals surface area contributed by atoms with Crippen LogP contribution in [0, 0.1) is 58.5 Å². The van der Waals surface area contributed by atoms with Crippen LogP contribution >= 0.6 is 0 Å². The lowest BCUT2D eigenvalue weighted by Crippen LogP contribution is -2.29. The van der Waals surface area contributed by atoms with Crippen LogP contribution in [0.4, 0.5) is 23.0 Å². The topological polar surface area (TPSA) is 180 Å². The molecule has 30 heavy (non-hydrogen) atoms. The second-order valence-electron chi connectivity index (χ2n) is 5.67. The maximum atomic E-state index is 9.36. The highest BCUT2D eigenvalue weighted by atomic mass is 15.1. The van der Waals surface area contributed by atoms with Gasteiger partial charge in [0, 0.05) is 0 Å². The van der Waals surface area contributed by atoms with Gasteiger partial charge in [-0.05, 0) is 0 Å². The zero-order chi connectivity index (χ0) is 21.4. The summed E-state index contributed by atoms with van der Waals surface area (Å²) in [5, 5.41) is 40.1. The highest BCUT2D eigenvalue weighted by Gasteiger charge is 2.32. The smallest absolute Gasteiger partial charge is 0.294 e. The molecule has 4 rings (SSSR count). The molecule has 3 aromatic rings. The maximum absolute atomic E-state index is 9.36. The van der Waals surface area contributed by atoms with E-state index in [0.717, 1.165) is 0 Å². The van der Waals surface area contributed by atoms with Gasteiger partial charge in [-0.2, -0.15) is 21.0 Å². The fourth-order valence-corrected chi connectivity index (χ4v) is 2.89. The summed E-state index contributed by atoms with van der Waals surface area (Å²) >= 11 is 0. The second kappa shape index (κ2) is 6.48. The lowest BCUT2D eigenvalue weighted by molar-refractivity contribution is 1.13. The van der Waals surface area contributed by atoms with Gasteiger partial charge in [0.15, 0.2) is 23.1 Å². The number of fused-ring (bicyclic) bond motifs is 6. The third-order valence-corrected chi connectivity index (χ3v) is 4.14. The molecule has 1 unspecified atom stereocenters. The number of anilines is 1. The van der Waals surface area contributed by atoms with Gasteiger partial charge in [0.25, 0.3) is 11.6 Å².